The summed E-state index contributed by atoms with van der Waals surface area (Å²) in [5.41, 5.74) is 1.02. The van der Waals surface area contributed by atoms with Crippen LogP contribution in [-0.4, -0.2) is 45.9 Å². The highest BCUT2D eigenvalue weighted by molar-refractivity contribution is 5.54. The van der Waals surface area contributed by atoms with Crippen LogP contribution in [0.25, 0.3) is 0 Å². The highest BCUT2D eigenvalue weighted by Gasteiger charge is 2.47. The molecule has 0 radical (unpaired) electrons. The number of anilines is 2. The van der Waals surface area contributed by atoms with E-state index in [1.165, 1.54) is 6.20 Å². The van der Waals surface area contributed by atoms with Crippen molar-refractivity contribution in [2.45, 2.75) is 38.8 Å². The molecule has 0 aliphatic heterocycles. The van der Waals surface area contributed by atoms with Crippen LogP contribution in [0.1, 0.15) is 31.5 Å². The second-order valence-corrected chi connectivity index (χ2v) is 7.19. The summed E-state index contributed by atoms with van der Waals surface area (Å²) in [5, 5.41) is 25.7. The van der Waals surface area contributed by atoms with E-state index in [-0.39, 0.29) is 17.6 Å². The monoisotopic (exact) mass is 368 g/mol. The van der Waals surface area contributed by atoms with Crippen molar-refractivity contribution in [1.29, 1.82) is 5.26 Å². The van der Waals surface area contributed by atoms with Crippen molar-refractivity contribution in [3.05, 3.63) is 35.7 Å². The van der Waals surface area contributed by atoms with Gasteiger partial charge in [-0.25, -0.2) is 9.97 Å². The van der Waals surface area contributed by atoms with E-state index in [1.54, 1.807) is 13.2 Å². The van der Waals surface area contributed by atoms with E-state index >= 15 is 0 Å². The number of ether oxygens (including phenoxy) is 1. The molecular weight excluding hydrogens is 344 g/mol. The Morgan fingerprint density at radius 1 is 1.37 bits per heavy atom. The summed E-state index contributed by atoms with van der Waals surface area (Å²) in [4.78, 5) is 13.0. The number of hydrogen-bond acceptors (Lipinski definition) is 8. The highest BCUT2D eigenvalue weighted by Crippen LogP contribution is 2.42. The number of pyridine rings is 1. The number of nitrogens with zero attached hydrogens (tertiary/aromatic N) is 4. The van der Waals surface area contributed by atoms with Crippen molar-refractivity contribution in [1.82, 2.24) is 15.0 Å². The van der Waals surface area contributed by atoms with Crippen molar-refractivity contribution >= 4 is 11.8 Å². The van der Waals surface area contributed by atoms with Gasteiger partial charge < -0.3 is 20.5 Å². The molecule has 1 fully saturated rings. The lowest BCUT2D eigenvalue weighted by molar-refractivity contribution is -0.0511. The number of nitrogens with one attached hydrogen (secondary N) is 2. The molecule has 8 heteroatoms. The number of aliphatic hydroxyl groups excluding tert-OH is 1. The summed E-state index contributed by atoms with van der Waals surface area (Å²) in [7, 11) is 1.59. The van der Waals surface area contributed by atoms with Gasteiger partial charge in [0.1, 0.15) is 17.5 Å². The smallest absolute Gasteiger partial charge is 0.224 e. The number of aromatic nitrogens is 3. The summed E-state index contributed by atoms with van der Waals surface area (Å²) in [6, 6.07) is 7.80. The van der Waals surface area contributed by atoms with Crippen LogP contribution >= 0.6 is 0 Å². The molecule has 2 atom stereocenters. The molecule has 1 aliphatic rings. The predicted molar refractivity (Wildman–Crippen MR) is 102 cm³/mol. The molecule has 0 spiro atoms. The Bertz CT molecular complexity index is 848. The van der Waals surface area contributed by atoms with Gasteiger partial charge in [0.15, 0.2) is 0 Å². The molecule has 1 saturated carbocycles. The number of aliphatic hydroxyl groups is 1. The normalized spacial score (nSPS) is 20.3. The van der Waals surface area contributed by atoms with Gasteiger partial charge in [0.05, 0.1) is 19.4 Å². The van der Waals surface area contributed by atoms with Crippen molar-refractivity contribution in [3.63, 3.8) is 0 Å². The maximum atomic E-state index is 9.90. The van der Waals surface area contributed by atoms with E-state index < -0.39 is 0 Å². The Morgan fingerprint density at radius 2 is 2.19 bits per heavy atom. The fourth-order valence-electron chi connectivity index (χ4n) is 2.98. The molecule has 3 rings (SSSR count). The van der Waals surface area contributed by atoms with Crippen LogP contribution in [-0.2, 0) is 6.42 Å². The average Bonchev–Trinajstić information content (AvgIpc) is 2.68. The SMILES string of the molecule is COc1cccc(CCNc2ncc(C#N)c(N[C@@H]3CC(O)C3(C)C)n2)n1. The molecule has 1 aliphatic carbocycles. The van der Waals surface area contributed by atoms with Crippen molar-refractivity contribution < 1.29 is 9.84 Å². The van der Waals surface area contributed by atoms with Gasteiger partial charge in [0.2, 0.25) is 11.8 Å². The minimum atomic E-state index is -0.352. The lowest BCUT2D eigenvalue weighted by atomic mass is 9.64. The van der Waals surface area contributed by atoms with Crippen molar-refractivity contribution in [2.24, 2.45) is 5.41 Å². The topological polar surface area (TPSA) is 116 Å². The molecule has 142 valence electrons. The first-order chi connectivity index (χ1) is 12.9. The summed E-state index contributed by atoms with van der Waals surface area (Å²) in [5.74, 6) is 1.51. The van der Waals surface area contributed by atoms with Crippen LogP contribution in [0, 0.1) is 16.7 Å². The third-order valence-corrected chi connectivity index (χ3v) is 5.09. The molecule has 0 amide bonds. The van der Waals surface area contributed by atoms with Crippen LogP contribution in [0.15, 0.2) is 24.4 Å². The van der Waals surface area contributed by atoms with Gasteiger partial charge in [-0.3, -0.25) is 0 Å². The first kappa shape index (κ1) is 18.9. The summed E-state index contributed by atoms with van der Waals surface area (Å²) >= 11 is 0. The van der Waals surface area contributed by atoms with E-state index in [1.807, 2.05) is 26.0 Å². The van der Waals surface area contributed by atoms with Crippen LogP contribution in [0.5, 0.6) is 5.88 Å². The number of methoxy groups -OCH3 is 1. The Labute approximate surface area is 158 Å². The Balaban J connectivity index is 1.63. The van der Waals surface area contributed by atoms with E-state index in [4.69, 9.17) is 4.74 Å². The minimum absolute atomic E-state index is 0.0586. The maximum absolute atomic E-state index is 9.90. The highest BCUT2D eigenvalue weighted by atomic mass is 16.5. The lowest BCUT2D eigenvalue weighted by Gasteiger charge is -2.49. The van der Waals surface area contributed by atoms with Gasteiger partial charge in [-0.1, -0.05) is 19.9 Å². The van der Waals surface area contributed by atoms with Crippen molar-refractivity contribution in [2.75, 3.05) is 24.3 Å². The quantitative estimate of drug-likeness (QED) is 0.679. The molecule has 0 aromatic carbocycles. The largest absolute Gasteiger partial charge is 0.481 e. The fourth-order valence-corrected chi connectivity index (χ4v) is 2.98. The molecule has 8 nitrogen and oxygen atoms in total. The van der Waals surface area contributed by atoms with E-state index in [0.29, 0.717) is 42.6 Å². The summed E-state index contributed by atoms with van der Waals surface area (Å²) in [6.07, 6.45) is 2.47. The summed E-state index contributed by atoms with van der Waals surface area (Å²) < 4.78 is 5.13. The van der Waals surface area contributed by atoms with Crippen LogP contribution in [0.4, 0.5) is 11.8 Å². The van der Waals surface area contributed by atoms with Gasteiger partial charge >= 0.3 is 0 Å². The van der Waals surface area contributed by atoms with Gasteiger partial charge in [-0.15, -0.1) is 0 Å². The maximum Gasteiger partial charge on any atom is 0.224 e. The summed E-state index contributed by atoms with van der Waals surface area (Å²) in [6.45, 7) is 4.58. The molecule has 27 heavy (non-hydrogen) atoms. The minimum Gasteiger partial charge on any atom is -0.481 e. The van der Waals surface area contributed by atoms with E-state index in [9.17, 15) is 10.4 Å². The van der Waals surface area contributed by atoms with Gasteiger partial charge in [0.25, 0.3) is 0 Å². The van der Waals surface area contributed by atoms with Gasteiger partial charge in [-0.05, 0) is 12.5 Å². The third kappa shape index (κ3) is 4.09. The average molecular weight is 368 g/mol. The first-order valence-electron chi connectivity index (χ1n) is 8.89. The number of rotatable bonds is 7. The molecule has 3 N–H and O–H groups in total. The molecular formula is C19H24N6O2. The van der Waals surface area contributed by atoms with Gasteiger partial charge in [0, 0.05) is 36.2 Å². The number of nitriles is 1. The third-order valence-electron chi connectivity index (χ3n) is 5.09. The molecule has 2 aromatic heterocycles. The Hall–Kier alpha value is -2.92. The first-order valence-corrected chi connectivity index (χ1v) is 8.89. The molecule has 0 saturated heterocycles. The van der Waals surface area contributed by atoms with Gasteiger partial charge in [-0.2, -0.15) is 10.2 Å². The van der Waals surface area contributed by atoms with E-state index in [0.717, 1.165) is 5.69 Å². The van der Waals surface area contributed by atoms with Crippen LogP contribution < -0.4 is 15.4 Å². The predicted octanol–water partition coefficient (Wildman–Crippen LogP) is 1.98. The molecule has 0 bridgehead atoms. The lowest BCUT2D eigenvalue weighted by Crippen LogP contribution is -2.57. The fraction of sp³-hybridized carbons (Fsp3) is 0.474. The zero-order valence-corrected chi connectivity index (χ0v) is 15.7. The van der Waals surface area contributed by atoms with Crippen LogP contribution in [0.3, 0.4) is 0 Å². The zero-order chi connectivity index (χ0) is 19.4. The zero-order valence-electron chi connectivity index (χ0n) is 15.7. The molecule has 2 aromatic rings. The van der Waals surface area contributed by atoms with Crippen molar-refractivity contribution in [3.8, 4) is 11.9 Å². The second-order valence-electron chi connectivity index (χ2n) is 7.19. The van der Waals surface area contributed by atoms with E-state index in [2.05, 4.69) is 31.7 Å². The Kier molecular flexibility index (Phi) is 5.42. The second kappa shape index (κ2) is 7.76. The number of hydrogen-bond donors (Lipinski definition) is 3. The standard InChI is InChI=1S/C19H24N6O2/c1-19(2)14(9-15(19)26)24-17-12(10-20)11-22-18(25-17)21-8-7-13-5-4-6-16(23-13)27-3/h4-6,11,14-15,26H,7-9H2,1-3H3,(H2,21,22,24,25)/t14-,15?/m1/s1. The Morgan fingerprint density at radius 3 is 2.85 bits per heavy atom. The molecule has 1 unspecified atom stereocenters. The van der Waals surface area contributed by atoms with Crippen LogP contribution in [0.2, 0.25) is 0 Å². The molecule has 2 heterocycles.